The number of hydrogen-bond acceptors (Lipinski definition) is 3. The molecule has 0 fully saturated rings. The van der Waals surface area contributed by atoms with Crippen LogP contribution in [-0.4, -0.2) is 26.2 Å². The predicted molar refractivity (Wildman–Crippen MR) is 75.6 cm³/mol. The minimum atomic E-state index is -0.858. The molecule has 0 aliphatic carbocycles. The van der Waals surface area contributed by atoms with Gasteiger partial charge in [0.1, 0.15) is 5.54 Å². The number of primary amides is 1. The molecule has 5 heteroatoms. The van der Waals surface area contributed by atoms with Crippen LogP contribution in [0.4, 0.5) is 0 Å². The molecular weight excluding hydrogens is 331 g/mol. The third-order valence-corrected chi connectivity index (χ3v) is 3.42. The van der Waals surface area contributed by atoms with E-state index in [0.717, 1.165) is 9.13 Å². The third-order valence-electron chi connectivity index (χ3n) is 2.70. The molecule has 0 aliphatic rings. The SMILES string of the molecule is COCCNC(C)(C(N)=O)c1ccc(I)cc1. The van der Waals surface area contributed by atoms with E-state index in [2.05, 4.69) is 27.9 Å². The van der Waals surface area contributed by atoms with Crippen molar-refractivity contribution in [2.24, 2.45) is 5.73 Å². The van der Waals surface area contributed by atoms with Gasteiger partial charge in [-0.3, -0.25) is 10.1 Å². The fourth-order valence-electron chi connectivity index (χ4n) is 1.52. The molecule has 1 unspecified atom stereocenters. The lowest BCUT2D eigenvalue weighted by Crippen LogP contribution is -2.51. The lowest BCUT2D eigenvalue weighted by Gasteiger charge is -2.28. The second kappa shape index (κ2) is 6.32. The first-order valence-corrected chi connectivity index (χ1v) is 6.38. The highest BCUT2D eigenvalue weighted by molar-refractivity contribution is 14.1. The van der Waals surface area contributed by atoms with Crippen molar-refractivity contribution in [3.05, 3.63) is 33.4 Å². The van der Waals surface area contributed by atoms with E-state index in [9.17, 15) is 4.79 Å². The lowest BCUT2D eigenvalue weighted by atomic mass is 9.91. The Balaban J connectivity index is 2.90. The minimum Gasteiger partial charge on any atom is -0.383 e. The number of nitrogens with one attached hydrogen (secondary N) is 1. The maximum atomic E-state index is 11.6. The van der Waals surface area contributed by atoms with Gasteiger partial charge in [0.25, 0.3) is 0 Å². The topological polar surface area (TPSA) is 64.3 Å². The van der Waals surface area contributed by atoms with Crippen molar-refractivity contribution in [3.8, 4) is 0 Å². The van der Waals surface area contributed by atoms with E-state index in [-0.39, 0.29) is 0 Å². The third kappa shape index (κ3) is 3.65. The van der Waals surface area contributed by atoms with Crippen LogP contribution in [0, 0.1) is 3.57 Å². The van der Waals surface area contributed by atoms with E-state index in [1.165, 1.54) is 0 Å². The molecule has 1 atom stereocenters. The summed E-state index contributed by atoms with van der Waals surface area (Å²) in [5.41, 5.74) is 5.48. The number of carbonyl (C=O) groups excluding carboxylic acids is 1. The second-order valence-electron chi connectivity index (χ2n) is 3.92. The van der Waals surface area contributed by atoms with E-state index in [1.54, 1.807) is 14.0 Å². The summed E-state index contributed by atoms with van der Waals surface area (Å²) in [6.07, 6.45) is 0. The summed E-state index contributed by atoms with van der Waals surface area (Å²) in [5.74, 6) is -0.394. The zero-order valence-electron chi connectivity index (χ0n) is 10.00. The van der Waals surface area contributed by atoms with Gasteiger partial charge in [0, 0.05) is 17.2 Å². The first-order chi connectivity index (χ1) is 8.00. The quantitative estimate of drug-likeness (QED) is 0.600. The number of hydrogen-bond donors (Lipinski definition) is 2. The number of carbonyl (C=O) groups is 1. The van der Waals surface area contributed by atoms with E-state index >= 15 is 0 Å². The number of nitrogens with two attached hydrogens (primary N) is 1. The summed E-state index contributed by atoms with van der Waals surface area (Å²) in [6.45, 7) is 2.89. The van der Waals surface area contributed by atoms with Crippen LogP contribution < -0.4 is 11.1 Å². The molecule has 3 N–H and O–H groups in total. The Morgan fingerprint density at radius 1 is 1.47 bits per heavy atom. The molecule has 1 rings (SSSR count). The Hall–Kier alpha value is -0.660. The lowest BCUT2D eigenvalue weighted by molar-refractivity contribution is -0.124. The van der Waals surface area contributed by atoms with Gasteiger partial charge < -0.3 is 10.5 Å². The monoisotopic (exact) mass is 348 g/mol. The molecule has 94 valence electrons. The highest BCUT2D eigenvalue weighted by atomic mass is 127. The van der Waals surface area contributed by atoms with Gasteiger partial charge in [-0.2, -0.15) is 0 Å². The molecular formula is C12H17IN2O2. The molecule has 0 aromatic heterocycles. The van der Waals surface area contributed by atoms with Crippen LogP contribution in [0.2, 0.25) is 0 Å². The Morgan fingerprint density at radius 2 is 2.06 bits per heavy atom. The molecule has 0 bridgehead atoms. The summed E-state index contributed by atoms with van der Waals surface area (Å²) in [6, 6.07) is 7.73. The molecule has 0 saturated carbocycles. The molecule has 0 saturated heterocycles. The fourth-order valence-corrected chi connectivity index (χ4v) is 1.88. The van der Waals surface area contributed by atoms with Crippen LogP contribution in [-0.2, 0) is 15.1 Å². The first kappa shape index (κ1) is 14.4. The van der Waals surface area contributed by atoms with Gasteiger partial charge in [-0.05, 0) is 47.2 Å². The zero-order valence-corrected chi connectivity index (χ0v) is 12.2. The average molecular weight is 348 g/mol. The number of benzene rings is 1. The first-order valence-electron chi connectivity index (χ1n) is 5.30. The van der Waals surface area contributed by atoms with Crippen molar-refractivity contribution in [2.45, 2.75) is 12.5 Å². The number of amides is 1. The van der Waals surface area contributed by atoms with Crippen molar-refractivity contribution in [2.75, 3.05) is 20.3 Å². The molecule has 1 aromatic carbocycles. The Labute approximate surface area is 115 Å². The highest BCUT2D eigenvalue weighted by Crippen LogP contribution is 2.21. The summed E-state index contributed by atoms with van der Waals surface area (Å²) in [5, 5.41) is 3.13. The fraction of sp³-hybridized carbons (Fsp3) is 0.417. The van der Waals surface area contributed by atoms with Gasteiger partial charge in [-0.1, -0.05) is 12.1 Å². The van der Waals surface area contributed by atoms with E-state index < -0.39 is 11.4 Å². The van der Waals surface area contributed by atoms with Crippen molar-refractivity contribution in [3.63, 3.8) is 0 Å². The Morgan fingerprint density at radius 3 is 2.53 bits per heavy atom. The van der Waals surface area contributed by atoms with Crippen molar-refractivity contribution in [1.82, 2.24) is 5.32 Å². The maximum absolute atomic E-state index is 11.6. The smallest absolute Gasteiger partial charge is 0.242 e. The van der Waals surface area contributed by atoms with Gasteiger partial charge in [-0.25, -0.2) is 0 Å². The van der Waals surface area contributed by atoms with Gasteiger partial charge in [0.2, 0.25) is 5.91 Å². The van der Waals surface area contributed by atoms with Crippen LogP contribution in [0.15, 0.2) is 24.3 Å². The second-order valence-corrected chi connectivity index (χ2v) is 5.16. The molecule has 0 heterocycles. The maximum Gasteiger partial charge on any atom is 0.242 e. The van der Waals surface area contributed by atoms with Crippen LogP contribution in [0.1, 0.15) is 12.5 Å². The van der Waals surface area contributed by atoms with E-state index in [4.69, 9.17) is 10.5 Å². The van der Waals surface area contributed by atoms with Crippen LogP contribution in [0.25, 0.3) is 0 Å². The summed E-state index contributed by atoms with van der Waals surface area (Å²) < 4.78 is 6.08. The van der Waals surface area contributed by atoms with E-state index in [0.29, 0.717) is 13.2 Å². The summed E-state index contributed by atoms with van der Waals surface area (Å²) in [7, 11) is 1.62. The molecule has 1 amide bonds. The predicted octanol–water partition coefficient (Wildman–Crippen LogP) is 1.23. The molecule has 0 aliphatic heterocycles. The van der Waals surface area contributed by atoms with Gasteiger partial charge >= 0.3 is 0 Å². The Kier molecular flexibility index (Phi) is 5.35. The normalized spacial score (nSPS) is 14.3. The molecule has 0 radical (unpaired) electrons. The van der Waals surface area contributed by atoms with Crippen LogP contribution in [0.3, 0.4) is 0 Å². The Bertz CT molecular complexity index is 381. The van der Waals surface area contributed by atoms with Crippen LogP contribution in [0.5, 0.6) is 0 Å². The number of halogens is 1. The number of ether oxygens (including phenoxy) is 1. The number of rotatable bonds is 6. The molecule has 4 nitrogen and oxygen atoms in total. The molecule has 1 aromatic rings. The van der Waals surface area contributed by atoms with Crippen molar-refractivity contribution < 1.29 is 9.53 Å². The summed E-state index contributed by atoms with van der Waals surface area (Å²) >= 11 is 2.22. The largest absolute Gasteiger partial charge is 0.383 e. The van der Waals surface area contributed by atoms with Crippen molar-refractivity contribution >= 4 is 28.5 Å². The average Bonchev–Trinajstić information content (AvgIpc) is 2.29. The van der Waals surface area contributed by atoms with Gasteiger partial charge in [0.05, 0.1) is 6.61 Å². The number of methoxy groups -OCH3 is 1. The molecule has 17 heavy (non-hydrogen) atoms. The highest BCUT2D eigenvalue weighted by Gasteiger charge is 2.32. The molecule has 0 spiro atoms. The summed E-state index contributed by atoms with van der Waals surface area (Å²) in [4.78, 5) is 11.6. The van der Waals surface area contributed by atoms with Gasteiger partial charge in [0.15, 0.2) is 0 Å². The van der Waals surface area contributed by atoms with E-state index in [1.807, 2.05) is 24.3 Å². The van der Waals surface area contributed by atoms with Gasteiger partial charge in [-0.15, -0.1) is 0 Å². The minimum absolute atomic E-state index is 0.394. The zero-order chi connectivity index (χ0) is 12.9. The standard InChI is InChI=1S/C12H17IN2O2/c1-12(11(14)16,15-7-8-17-2)9-3-5-10(13)6-4-9/h3-6,15H,7-8H2,1-2H3,(H2,14,16). The van der Waals surface area contributed by atoms with Crippen LogP contribution >= 0.6 is 22.6 Å². The van der Waals surface area contributed by atoms with Crippen molar-refractivity contribution in [1.29, 1.82) is 0 Å².